The summed E-state index contributed by atoms with van der Waals surface area (Å²) < 4.78 is 0. The Hall–Kier alpha value is 0.540. The van der Waals surface area contributed by atoms with Crippen molar-refractivity contribution < 1.29 is 20.4 Å². The van der Waals surface area contributed by atoms with Gasteiger partial charge in [0.25, 0.3) is 0 Å². The van der Waals surface area contributed by atoms with E-state index in [1.54, 1.807) is 23.5 Å². The van der Waals surface area contributed by atoms with Crippen LogP contribution in [-0.4, -0.2) is 68.9 Å². The molecule has 0 heterocycles. The van der Waals surface area contributed by atoms with Gasteiger partial charge in [-0.1, -0.05) is 0 Å². The van der Waals surface area contributed by atoms with E-state index in [2.05, 4.69) is 0 Å². The van der Waals surface area contributed by atoms with Gasteiger partial charge in [0.05, 0.1) is 25.4 Å². The van der Waals surface area contributed by atoms with E-state index in [1.807, 2.05) is 0 Å². The highest BCUT2D eigenvalue weighted by Crippen LogP contribution is 2.09. The van der Waals surface area contributed by atoms with Crippen LogP contribution in [0.5, 0.6) is 0 Å². The van der Waals surface area contributed by atoms with Crippen LogP contribution in [0.3, 0.4) is 0 Å². The molecular formula is C8H18O4S2. The Balaban J connectivity index is 3.06. The van der Waals surface area contributed by atoms with Gasteiger partial charge in [0.15, 0.2) is 0 Å². The number of aliphatic hydroxyl groups is 4. The molecule has 0 saturated heterocycles. The van der Waals surface area contributed by atoms with Crippen molar-refractivity contribution in [3.63, 3.8) is 0 Å². The Morgan fingerprint density at radius 3 is 1.43 bits per heavy atom. The zero-order valence-corrected chi connectivity index (χ0v) is 9.64. The minimum Gasteiger partial charge on any atom is -0.394 e. The Labute approximate surface area is 92.7 Å². The highest BCUT2D eigenvalue weighted by atomic mass is 32.2. The molecule has 0 rings (SSSR count). The first-order valence-corrected chi connectivity index (χ1v) is 6.75. The molecule has 0 aromatic carbocycles. The van der Waals surface area contributed by atoms with Crippen molar-refractivity contribution in [3.05, 3.63) is 0 Å². The van der Waals surface area contributed by atoms with E-state index < -0.39 is 12.2 Å². The summed E-state index contributed by atoms with van der Waals surface area (Å²) in [5.74, 6) is 2.83. The van der Waals surface area contributed by atoms with Crippen LogP contribution in [0.2, 0.25) is 0 Å². The predicted molar refractivity (Wildman–Crippen MR) is 60.8 cm³/mol. The average Bonchev–Trinajstić information content (AvgIpc) is 2.22. The fourth-order valence-electron chi connectivity index (χ4n) is 0.662. The highest BCUT2D eigenvalue weighted by molar-refractivity contribution is 8.02. The molecule has 2 unspecified atom stereocenters. The third-order valence-corrected chi connectivity index (χ3v) is 3.90. The summed E-state index contributed by atoms with van der Waals surface area (Å²) in [6.45, 7) is -0.382. The zero-order chi connectivity index (χ0) is 10.8. The van der Waals surface area contributed by atoms with Crippen molar-refractivity contribution in [3.8, 4) is 0 Å². The first-order valence-electron chi connectivity index (χ1n) is 4.44. The standard InChI is InChI=1S/C8H18O4S2/c9-3-7(11)5-13-1-2-14-6-8(12)4-10/h7-12H,1-6H2. The number of hydrogen-bond donors (Lipinski definition) is 4. The maximum Gasteiger partial charge on any atom is 0.0861 e. The van der Waals surface area contributed by atoms with Crippen LogP contribution in [-0.2, 0) is 0 Å². The summed E-state index contributed by atoms with van der Waals surface area (Å²) in [6, 6.07) is 0. The lowest BCUT2D eigenvalue weighted by molar-refractivity contribution is 0.113. The molecule has 0 bridgehead atoms. The summed E-state index contributed by atoms with van der Waals surface area (Å²) >= 11 is 3.14. The molecule has 14 heavy (non-hydrogen) atoms. The fourth-order valence-corrected chi connectivity index (χ4v) is 2.69. The predicted octanol–water partition coefficient (Wildman–Crippen LogP) is -0.841. The fraction of sp³-hybridized carbons (Fsp3) is 1.00. The highest BCUT2D eigenvalue weighted by Gasteiger charge is 2.03. The van der Waals surface area contributed by atoms with Crippen molar-refractivity contribution in [2.24, 2.45) is 0 Å². The average molecular weight is 242 g/mol. The summed E-state index contributed by atoms with van der Waals surface area (Å²) in [4.78, 5) is 0. The van der Waals surface area contributed by atoms with Gasteiger partial charge in [-0.2, -0.15) is 23.5 Å². The summed E-state index contributed by atoms with van der Waals surface area (Å²) in [6.07, 6.45) is -1.26. The molecule has 4 N–H and O–H groups in total. The molecule has 0 aliphatic rings. The second kappa shape index (κ2) is 10.1. The van der Waals surface area contributed by atoms with Crippen LogP contribution in [0, 0.1) is 0 Å². The van der Waals surface area contributed by atoms with Gasteiger partial charge in [0, 0.05) is 23.0 Å². The molecule has 0 radical (unpaired) electrons. The molecule has 0 aromatic heterocycles. The van der Waals surface area contributed by atoms with E-state index in [-0.39, 0.29) is 13.2 Å². The third-order valence-electron chi connectivity index (χ3n) is 1.41. The number of aliphatic hydroxyl groups excluding tert-OH is 4. The molecule has 0 amide bonds. The number of hydrogen-bond acceptors (Lipinski definition) is 6. The van der Waals surface area contributed by atoms with E-state index >= 15 is 0 Å². The SMILES string of the molecule is OCC(O)CSCCSCC(O)CO. The minimum atomic E-state index is -0.631. The van der Waals surface area contributed by atoms with Crippen LogP contribution >= 0.6 is 23.5 Å². The Morgan fingerprint density at radius 1 is 0.786 bits per heavy atom. The van der Waals surface area contributed by atoms with E-state index in [4.69, 9.17) is 20.4 Å². The topological polar surface area (TPSA) is 80.9 Å². The molecule has 4 nitrogen and oxygen atoms in total. The first kappa shape index (κ1) is 14.5. The van der Waals surface area contributed by atoms with Crippen molar-refractivity contribution in [2.75, 3.05) is 36.2 Å². The van der Waals surface area contributed by atoms with E-state index in [0.29, 0.717) is 11.5 Å². The van der Waals surface area contributed by atoms with Crippen LogP contribution in [0.4, 0.5) is 0 Å². The van der Waals surface area contributed by atoms with Gasteiger partial charge in [0.1, 0.15) is 0 Å². The van der Waals surface area contributed by atoms with Crippen LogP contribution in [0.15, 0.2) is 0 Å². The molecule has 0 fully saturated rings. The van der Waals surface area contributed by atoms with Gasteiger partial charge >= 0.3 is 0 Å². The van der Waals surface area contributed by atoms with Gasteiger partial charge < -0.3 is 20.4 Å². The van der Waals surface area contributed by atoms with Crippen LogP contribution < -0.4 is 0 Å². The lowest BCUT2D eigenvalue weighted by Gasteiger charge is -2.07. The maximum atomic E-state index is 8.99. The Bertz CT molecular complexity index is 112. The maximum absolute atomic E-state index is 8.99. The molecule has 0 saturated carbocycles. The molecule has 0 aliphatic heterocycles. The van der Waals surface area contributed by atoms with E-state index in [0.717, 1.165) is 11.5 Å². The largest absolute Gasteiger partial charge is 0.394 e. The van der Waals surface area contributed by atoms with Crippen molar-refractivity contribution in [1.82, 2.24) is 0 Å². The third kappa shape index (κ3) is 9.11. The molecule has 2 atom stereocenters. The zero-order valence-electron chi connectivity index (χ0n) is 8.00. The second-order valence-electron chi connectivity index (χ2n) is 2.82. The van der Waals surface area contributed by atoms with Crippen LogP contribution in [0.1, 0.15) is 0 Å². The smallest absolute Gasteiger partial charge is 0.0861 e. The quantitative estimate of drug-likeness (QED) is 0.395. The van der Waals surface area contributed by atoms with E-state index in [1.165, 1.54) is 0 Å². The summed E-state index contributed by atoms with van der Waals surface area (Å²) in [7, 11) is 0. The van der Waals surface area contributed by atoms with Crippen LogP contribution in [0.25, 0.3) is 0 Å². The molecular weight excluding hydrogens is 224 g/mol. The first-order chi connectivity index (χ1) is 6.70. The van der Waals surface area contributed by atoms with Crippen molar-refractivity contribution in [1.29, 1.82) is 0 Å². The number of rotatable bonds is 9. The molecule has 86 valence electrons. The lowest BCUT2D eigenvalue weighted by Crippen LogP contribution is -2.16. The van der Waals surface area contributed by atoms with Crippen molar-refractivity contribution >= 4 is 23.5 Å². The summed E-state index contributed by atoms with van der Waals surface area (Å²) in [5, 5.41) is 35.0. The number of thioether (sulfide) groups is 2. The molecule has 6 heteroatoms. The Morgan fingerprint density at radius 2 is 1.14 bits per heavy atom. The van der Waals surface area contributed by atoms with Gasteiger partial charge in [-0.25, -0.2) is 0 Å². The van der Waals surface area contributed by atoms with Crippen molar-refractivity contribution in [2.45, 2.75) is 12.2 Å². The molecule has 0 aromatic rings. The lowest BCUT2D eigenvalue weighted by atomic mass is 10.4. The minimum absolute atomic E-state index is 0.191. The van der Waals surface area contributed by atoms with E-state index in [9.17, 15) is 0 Å². The Kier molecular flexibility index (Phi) is 10.5. The molecule has 0 spiro atoms. The molecule has 0 aliphatic carbocycles. The van der Waals surface area contributed by atoms with Gasteiger partial charge in [0.2, 0.25) is 0 Å². The second-order valence-corrected chi connectivity index (χ2v) is 5.12. The monoisotopic (exact) mass is 242 g/mol. The normalized spacial score (nSPS) is 15.4. The van der Waals surface area contributed by atoms with Gasteiger partial charge in [-0.3, -0.25) is 0 Å². The van der Waals surface area contributed by atoms with Gasteiger partial charge in [-0.05, 0) is 0 Å². The van der Waals surface area contributed by atoms with Gasteiger partial charge in [-0.15, -0.1) is 0 Å². The summed E-state index contributed by atoms with van der Waals surface area (Å²) in [5.41, 5.74) is 0.